The molecule has 2 amide bonds. The number of aliphatic carboxylic acids is 1. The molecular formula is C14H19ClN2O3. The van der Waals surface area contributed by atoms with Gasteiger partial charge in [-0.2, -0.15) is 0 Å². The number of hydrogen-bond acceptors (Lipinski definition) is 2. The topological polar surface area (TPSA) is 78.4 Å². The van der Waals surface area contributed by atoms with Gasteiger partial charge in [-0.05, 0) is 31.0 Å². The standard InChI is InChI=1S/C14H19ClN2O3/c1-3-4-7-12(13(18)19)17-14(20)16-11-8-5-6-10(15)9(11)2/h5-6,8,12H,3-4,7H2,1-2H3,(H,18,19)(H2,16,17,20)/t12-/m0/s1. The molecule has 1 aromatic rings. The Balaban J connectivity index is 2.66. The second-order valence-corrected chi connectivity index (χ2v) is 4.95. The number of rotatable bonds is 6. The highest BCUT2D eigenvalue weighted by molar-refractivity contribution is 6.31. The lowest BCUT2D eigenvalue weighted by Gasteiger charge is -2.16. The average molecular weight is 299 g/mol. The van der Waals surface area contributed by atoms with Crippen molar-refractivity contribution in [2.75, 3.05) is 5.32 Å². The Hall–Kier alpha value is -1.75. The van der Waals surface area contributed by atoms with Crippen LogP contribution in [0.2, 0.25) is 5.02 Å². The lowest BCUT2D eigenvalue weighted by molar-refractivity contribution is -0.139. The summed E-state index contributed by atoms with van der Waals surface area (Å²) in [5.41, 5.74) is 1.30. The van der Waals surface area contributed by atoms with Gasteiger partial charge in [0.05, 0.1) is 0 Å². The molecule has 0 saturated carbocycles. The van der Waals surface area contributed by atoms with Crippen molar-refractivity contribution >= 4 is 29.3 Å². The molecule has 110 valence electrons. The van der Waals surface area contributed by atoms with Crippen LogP contribution in [0.25, 0.3) is 0 Å². The molecular weight excluding hydrogens is 280 g/mol. The van der Waals surface area contributed by atoms with E-state index in [9.17, 15) is 9.59 Å². The highest BCUT2D eigenvalue weighted by Crippen LogP contribution is 2.22. The molecule has 1 rings (SSSR count). The van der Waals surface area contributed by atoms with Crippen molar-refractivity contribution in [3.63, 3.8) is 0 Å². The zero-order valence-corrected chi connectivity index (χ0v) is 12.3. The molecule has 0 aliphatic heterocycles. The minimum absolute atomic E-state index is 0.410. The van der Waals surface area contributed by atoms with Crippen LogP contribution in [0, 0.1) is 6.92 Å². The maximum absolute atomic E-state index is 11.8. The fourth-order valence-electron chi connectivity index (χ4n) is 1.73. The number of halogens is 1. The quantitative estimate of drug-likeness (QED) is 0.753. The van der Waals surface area contributed by atoms with Gasteiger partial charge in [-0.15, -0.1) is 0 Å². The number of hydrogen-bond donors (Lipinski definition) is 3. The fourth-order valence-corrected chi connectivity index (χ4v) is 1.90. The smallest absolute Gasteiger partial charge is 0.326 e. The van der Waals surface area contributed by atoms with Crippen LogP contribution in [0.4, 0.5) is 10.5 Å². The Bertz CT molecular complexity index is 491. The molecule has 1 atom stereocenters. The number of anilines is 1. The van der Waals surface area contributed by atoms with Crippen molar-refractivity contribution in [3.05, 3.63) is 28.8 Å². The van der Waals surface area contributed by atoms with Crippen LogP contribution in [-0.2, 0) is 4.79 Å². The molecule has 0 aliphatic rings. The summed E-state index contributed by atoms with van der Waals surface area (Å²) in [6.07, 6.45) is 2.03. The predicted molar refractivity (Wildman–Crippen MR) is 79.3 cm³/mol. The number of carboxylic acid groups (broad SMARTS) is 1. The lowest BCUT2D eigenvalue weighted by atomic mass is 10.1. The van der Waals surface area contributed by atoms with Gasteiger partial charge in [0.15, 0.2) is 0 Å². The maximum atomic E-state index is 11.8. The minimum Gasteiger partial charge on any atom is -0.480 e. The normalized spacial score (nSPS) is 11.8. The lowest BCUT2D eigenvalue weighted by Crippen LogP contribution is -2.43. The van der Waals surface area contributed by atoms with Gasteiger partial charge in [0.25, 0.3) is 0 Å². The largest absolute Gasteiger partial charge is 0.480 e. The van der Waals surface area contributed by atoms with Crippen molar-refractivity contribution in [2.24, 2.45) is 0 Å². The summed E-state index contributed by atoms with van der Waals surface area (Å²) in [7, 11) is 0. The third-order valence-electron chi connectivity index (χ3n) is 2.97. The number of nitrogens with one attached hydrogen (secondary N) is 2. The molecule has 0 bridgehead atoms. The van der Waals surface area contributed by atoms with Crippen LogP contribution in [0.15, 0.2) is 18.2 Å². The minimum atomic E-state index is -1.03. The molecule has 3 N–H and O–H groups in total. The summed E-state index contributed by atoms with van der Waals surface area (Å²) in [6, 6.07) is 3.73. The van der Waals surface area contributed by atoms with E-state index in [-0.39, 0.29) is 0 Å². The summed E-state index contributed by atoms with van der Waals surface area (Å²) >= 11 is 5.96. The molecule has 0 saturated heterocycles. The molecule has 0 unspecified atom stereocenters. The number of carboxylic acids is 1. The van der Waals surface area contributed by atoms with Gasteiger partial charge in [0.1, 0.15) is 6.04 Å². The first-order valence-corrected chi connectivity index (χ1v) is 6.89. The maximum Gasteiger partial charge on any atom is 0.326 e. The Morgan fingerprint density at radius 2 is 2.10 bits per heavy atom. The zero-order chi connectivity index (χ0) is 15.1. The highest BCUT2D eigenvalue weighted by Gasteiger charge is 2.19. The monoisotopic (exact) mass is 298 g/mol. The highest BCUT2D eigenvalue weighted by atomic mass is 35.5. The summed E-state index contributed by atoms with van der Waals surface area (Å²) in [5.74, 6) is -1.03. The van der Waals surface area contributed by atoms with E-state index in [4.69, 9.17) is 16.7 Å². The van der Waals surface area contributed by atoms with Crippen molar-refractivity contribution in [1.29, 1.82) is 0 Å². The molecule has 20 heavy (non-hydrogen) atoms. The van der Waals surface area contributed by atoms with Gasteiger partial charge in [-0.1, -0.05) is 37.4 Å². The summed E-state index contributed by atoms with van der Waals surface area (Å²) < 4.78 is 0. The average Bonchev–Trinajstić information content (AvgIpc) is 2.39. The Morgan fingerprint density at radius 1 is 1.40 bits per heavy atom. The summed E-state index contributed by atoms with van der Waals surface area (Å²) in [5, 5.41) is 14.7. The zero-order valence-electron chi connectivity index (χ0n) is 11.6. The summed E-state index contributed by atoms with van der Waals surface area (Å²) in [6.45, 7) is 3.75. The van der Waals surface area contributed by atoms with Crippen LogP contribution in [0.3, 0.4) is 0 Å². The van der Waals surface area contributed by atoms with Crippen molar-refractivity contribution in [2.45, 2.75) is 39.2 Å². The molecule has 0 radical (unpaired) electrons. The first kappa shape index (κ1) is 16.3. The van der Waals surface area contributed by atoms with E-state index in [0.29, 0.717) is 17.1 Å². The van der Waals surface area contributed by atoms with E-state index in [0.717, 1.165) is 18.4 Å². The first-order valence-electron chi connectivity index (χ1n) is 6.51. The molecule has 5 nitrogen and oxygen atoms in total. The number of carbonyl (C=O) groups is 2. The molecule has 0 heterocycles. The molecule has 0 spiro atoms. The van der Waals surface area contributed by atoms with Crippen LogP contribution in [-0.4, -0.2) is 23.1 Å². The number of carbonyl (C=O) groups excluding carboxylic acids is 1. The first-order chi connectivity index (χ1) is 9.45. The van der Waals surface area contributed by atoms with Crippen molar-refractivity contribution < 1.29 is 14.7 Å². The number of unbranched alkanes of at least 4 members (excludes halogenated alkanes) is 1. The second kappa shape index (κ2) is 7.75. The fraction of sp³-hybridized carbons (Fsp3) is 0.429. The number of amides is 2. The van der Waals surface area contributed by atoms with E-state index in [2.05, 4.69) is 10.6 Å². The van der Waals surface area contributed by atoms with E-state index in [1.54, 1.807) is 25.1 Å². The predicted octanol–water partition coefficient (Wildman–Crippen LogP) is 3.41. The SMILES string of the molecule is CCCC[C@H](NC(=O)Nc1cccc(Cl)c1C)C(=O)O. The molecule has 1 aromatic carbocycles. The van der Waals surface area contributed by atoms with Crippen molar-refractivity contribution in [1.82, 2.24) is 5.32 Å². The molecule has 0 fully saturated rings. The van der Waals surface area contributed by atoms with Crippen molar-refractivity contribution in [3.8, 4) is 0 Å². The number of benzene rings is 1. The van der Waals surface area contributed by atoms with Gasteiger partial charge in [0.2, 0.25) is 0 Å². The Labute approximate surface area is 123 Å². The Kier molecular flexibility index (Phi) is 6.31. The van der Waals surface area contributed by atoms with E-state index < -0.39 is 18.0 Å². The van der Waals surface area contributed by atoms with Gasteiger partial charge >= 0.3 is 12.0 Å². The van der Waals surface area contributed by atoms with E-state index >= 15 is 0 Å². The molecule has 0 aliphatic carbocycles. The van der Waals surface area contributed by atoms with Crippen LogP contribution >= 0.6 is 11.6 Å². The van der Waals surface area contributed by atoms with Gasteiger partial charge in [-0.3, -0.25) is 0 Å². The van der Waals surface area contributed by atoms with E-state index in [1.165, 1.54) is 0 Å². The molecule has 6 heteroatoms. The van der Waals surface area contributed by atoms with Crippen LogP contribution in [0.5, 0.6) is 0 Å². The van der Waals surface area contributed by atoms with Crippen LogP contribution in [0.1, 0.15) is 31.7 Å². The Morgan fingerprint density at radius 3 is 2.70 bits per heavy atom. The number of urea groups is 1. The second-order valence-electron chi connectivity index (χ2n) is 4.54. The van der Waals surface area contributed by atoms with Crippen LogP contribution < -0.4 is 10.6 Å². The van der Waals surface area contributed by atoms with E-state index in [1.807, 2.05) is 6.92 Å². The van der Waals surface area contributed by atoms with Gasteiger partial charge < -0.3 is 15.7 Å². The van der Waals surface area contributed by atoms with Gasteiger partial charge in [0, 0.05) is 10.7 Å². The third kappa shape index (κ3) is 4.74. The molecule has 0 aromatic heterocycles. The third-order valence-corrected chi connectivity index (χ3v) is 3.38. The van der Waals surface area contributed by atoms with Gasteiger partial charge in [-0.25, -0.2) is 9.59 Å². The summed E-state index contributed by atoms with van der Waals surface area (Å²) in [4.78, 5) is 22.9.